The number of quaternary nitrogens is 1. The Morgan fingerprint density at radius 1 is 1.04 bits per heavy atom. The van der Waals surface area contributed by atoms with Crippen LogP contribution >= 0.6 is 0 Å². The lowest BCUT2D eigenvalue weighted by Crippen LogP contribution is -3.16. The van der Waals surface area contributed by atoms with Crippen LogP contribution in [-0.2, 0) is 4.79 Å². The molecule has 3 rings (SSSR count). The first-order chi connectivity index (χ1) is 13.3. The van der Waals surface area contributed by atoms with E-state index in [1.165, 1.54) is 38.4 Å². The first-order valence-corrected chi connectivity index (χ1v) is 10.4. The molecular formula is C24H34N3O+. The molecule has 2 N–H and O–H groups in total. The largest absolute Gasteiger partial charge is 0.360 e. The molecule has 4 nitrogen and oxygen atoms in total. The first kappa shape index (κ1) is 20.4. The van der Waals surface area contributed by atoms with Crippen LogP contribution in [0.25, 0.3) is 0 Å². The molecule has 0 spiro atoms. The topological polar surface area (TPSA) is 36.8 Å². The number of hydrogen-bond acceptors (Lipinski definition) is 2. The van der Waals surface area contributed by atoms with Gasteiger partial charge in [0.15, 0.2) is 6.54 Å². The number of carbonyl (C=O) groups is 1. The molecular weight excluding hydrogens is 346 g/mol. The van der Waals surface area contributed by atoms with Gasteiger partial charge in [0.1, 0.15) is 0 Å². The first-order valence-electron chi connectivity index (χ1n) is 10.4. The number of hydrogen-bond donors (Lipinski definition) is 2. The van der Waals surface area contributed by atoms with Crippen molar-refractivity contribution < 1.29 is 9.69 Å². The molecule has 1 aliphatic heterocycles. The van der Waals surface area contributed by atoms with Crippen molar-refractivity contribution in [3.8, 4) is 0 Å². The maximum Gasteiger partial charge on any atom is 0.275 e. The van der Waals surface area contributed by atoms with Gasteiger partial charge in [-0.1, -0.05) is 30.3 Å². The predicted octanol–water partition coefficient (Wildman–Crippen LogP) is 2.50. The van der Waals surface area contributed by atoms with Crippen LogP contribution in [0.3, 0.4) is 0 Å². The van der Waals surface area contributed by atoms with Gasteiger partial charge in [-0.15, -0.1) is 0 Å². The molecule has 4 heteroatoms. The van der Waals surface area contributed by atoms with Crippen LogP contribution in [0.4, 0.5) is 5.69 Å². The summed E-state index contributed by atoms with van der Waals surface area (Å²) in [7, 11) is 0. The zero-order chi connectivity index (χ0) is 20.3. The second kappa shape index (κ2) is 8.78. The molecule has 2 aromatic rings. The molecule has 0 aromatic heterocycles. The highest BCUT2D eigenvalue weighted by Crippen LogP contribution is 2.22. The lowest BCUT2D eigenvalue weighted by molar-refractivity contribution is -0.892. The van der Waals surface area contributed by atoms with Gasteiger partial charge in [0.05, 0.1) is 32.2 Å². The second-order valence-corrected chi connectivity index (χ2v) is 8.27. The standard InChI is InChI=1S/C24H33N3O/c1-17-9-10-22(15-19(17)3)21(5)25-24(28)16-26-11-13-27(14-12-26)23-8-6-7-18(2)20(23)4/h6-10,15,21H,11-14,16H2,1-5H3,(H,25,28)/p+1/t21-/m1/s1. The Bertz CT molecular complexity index is 838. The summed E-state index contributed by atoms with van der Waals surface area (Å²) in [5, 5.41) is 3.18. The highest BCUT2D eigenvalue weighted by molar-refractivity contribution is 5.77. The molecule has 1 atom stereocenters. The minimum atomic E-state index is 0.0439. The Morgan fingerprint density at radius 2 is 1.75 bits per heavy atom. The molecule has 0 unspecified atom stereocenters. The van der Waals surface area contributed by atoms with Gasteiger partial charge in [0.25, 0.3) is 5.91 Å². The third kappa shape index (κ3) is 4.74. The van der Waals surface area contributed by atoms with Crippen LogP contribution < -0.4 is 15.1 Å². The van der Waals surface area contributed by atoms with E-state index in [1.54, 1.807) is 0 Å². The van der Waals surface area contributed by atoms with Crippen molar-refractivity contribution in [2.24, 2.45) is 0 Å². The van der Waals surface area contributed by atoms with Crippen LogP contribution in [0.1, 0.15) is 40.8 Å². The van der Waals surface area contributed by atoms with Gasteiger partial charge in [0, 0.05) is 5.69 Å². The molecule has 1 saturated heterocycles. The quantitative estimate of drug-likeness (QED) is 0.836. The smallest absolute Gasteiger partial charge is 0.275 e. The van der Waals surface area contributed by atoms with Crippen LogP contribution in [0.15, 0.2) is 36.4 Å². The number of anilines is 1. The van der Waals surface area contributed by atoms with Crippen molar-refractivity contribution >= 4 is 11.6 Å². The lowest BCUT2D eigenvalue weighted by atomic mass is 10.0. The molecule has 1 amide bonds. The highest BCUT2D eigenvalue weighted by atomic mass is 16.2. The van der Waals surface area contributed by atoms with Gasteiger partial charge in [0.2, 0.25) is 0 Å². The molecule has 1 aliphatic rings. The molecule has 28 heavy (non-hydrogen) atoms. The van der Waals surface area contributed by atoms with E-state index < -0.39 is 0 Å². The average molecular weight is 381 g/mol. The molecule has 150 valence electrons. The summed E-state index contributed by atoms with van der Waals surface area (Å²) >= 11 is 0. The Labute approximate surface area is 169 Å². The summed E-state index contributed by atoms with van der Waals surface area (Å²) in [6.45, 7) is 15.2. The number of amides is 1. The van der Waals surface area contributed by atoms with Crippen molar-refractivity contribution in [3.63, 3.8) is 0 Å². The number of piperazine rings is 1. The Kier molecular flexibility index (Phi) is 6.40. The fourth-order valence-electron chi connectivity index (χ4n) is 3.96. The summed E-state index contributed by atoms with van der Waals surface area (Å²) in [5.41, 5.74) is 7.77. The van der Waals surface area contributed by atoms with Crippen molar-refractivity contribution in [2.75, 3.05) is 37.6 Å². The Hall–Kier alpha value is -2.33. The number of nitrogens with zero attached hydrogens (tertiary/aromatic N) is 1. The van der Waals surface area contributed by atoms with E-state index >= 15 is 0 Å². The van der Waals surface area contributed by atoms with Gasteiger partial charge in [-0.3, -0.25) is 4.79 Å². The second-order valence-electron chi connectivity index (χ2n) is 8.27. The van der Waals surface area contributed by atoms with Crippen LogP contribution in [0, 0.1) is 27.7 Å². The number of nitrogens with one attached hydrogen (secondary N) is 2. The number of carbonyl (C=O) groups excluding carboxylic acids is 1. The molecule has 0 saturated carbocycles. The van der Waals surface area contributed by atoms with E-state index in [1.807, 2.05) is 0 Å². The highest BCUT2D eigenvalue weighted by Gasteiger charge is 2.24. The number of aryl methyl sites for hydroxylation is 3. The minimum absolute atomic E-state index is 0.0439. The number of benzene rings is 2. The van der Waals surface area contributed by atoms with E-state index in [4.69, 9.17) is 0 Å². The fourth-order valence-corrected chi connectivity index (χ4v) is 3.96. The Morgan fingerprint density at radius 3 is 2.43 bits per heavy atom. The zero-order valence-electron chi connectivity index (χ0n) is 17.9. The van der Waals surface area contributed by atoms with E-state index in [0.717, 1.165) is 26.2 Å². The molecule has 1 heterocycles. The van der Waals surface area contributed by atoms with E-state index in [9.17, 15) is 4.79 Å². The van der Waals surface area contributed by atoms with Crippen molar-refractivity contribution in [3.05, 3.63) is 64.2 Å². The number of rotatable bonds is 5. The van der Waals surface area contributed by atoms with E-state index in [-0.39, 0.29) is 11.9 Å². The molecule has 1 fully saturated rings. The van der Waals surface area contributed by atoms with Crippen LogP contribution in [0.2, 0.25) is 0 Å². The molecule has 0 radical (unpaired) electrons. The van der Waals surface area contributed by atoms with Crippen molar-refractivity contribution in [1.82, 2.24) is 5.32 Å². The summed E-state index contributed by atoms with van der Waals surface area (Å²) in [6.07, 6.45) is 0. The van der Waals surface area contributed by atoms with Crippen LogP contribution in [0.5, 0.6) is 0 Å². The van der Waals surface area contributed by atoms with Gasteiger partial charge in [-0.05, 0) is 68.5 Å². The summed E-state index contributed by atoms with van der Waals surface area (Å²) in [6, 6.07) is 13.0. The minimum Gasteiger partial charge on any atom is -0.360 e. The van der Waals surface area contributed by atoms with Crippen molar-refractivity contribution in [1.29, 1.82) is 0 Å². The average Bonchev–Trinajstić information content (AvgIpc) is 2.67. The van der Waals surface area contributed by atoms with Gasteiger partial charge in [-0.2, -0.15) is 0 Å². The maximum atomic E-state index is 12.6. The van der Waals surface area contributed by atoms with E-state index in [0.29, 0.717) is 6.54 Å². The normalized spacial score (nSPS) is 16.1. The summed E-state index contributed by atoms with van der Waals surface area (Å²) in [5.74, 6) is 0.140. The van der Waals surface area contributed by atoms with Gasteiger partial charge in [-0.25, -0.2) is 0 Å². The summed E-state index contributed by atoms with van der Waals surface area (Å²) < 4.78 is 0. The van der Waals surface area contributed by atoms with Crippen molar-refractivity contribution in [2.45, 2.75) is 40.7 Å². The SMILES string of the molecule is Cc1ccc([C@@H](C)NC(=O)C[NH+]2CCN(c3cccc(C)c3C)CC2)cc1C. The fraction of sp³-hybridized carbons (Fsp3) is 0.458. The summed E-state index contributed by atoms with van der Waals surface area (Å²) in [4.78, 5) is 16.4. The van der Waals surface area contributed by atoms with Gasteiger partial charge < -0.3 is 15.1 Å². The Balaban J connectivity index is 1.51. The molecule has 0 aliphatic carbocycles. The molecule has 2 aromatic carbocycles. The third-order valence-electron chi connectivity index (χ3n) is 6.21. The maximum absolute atomic E-state index is 12.6. The monoisotopic (exact) mass is 380 g/mol. The molecule has 0 bridgehead atoms. The zero-order valence-corrected chi connectivity index (χ0v) is 17.9. The van der Waals surface area contributed by atoms with E-state index in [2.05, 4.69) is 81.2 Å². The predicted molar refractivity (Wildman–Crippen MR) is 116 cm³/mol. The lowest BCUT2D eigenvalue weighted by Gasteiger charge is -2.34. The van der Waals surface area contributed by atoms with Gasteiger partial charge >= 0.3 is 0 Å². The third-order valence-corrected chi connectivity index (χ3v) is 6.21. The van der Waals surface area contributed by atoms with Crippen LogP contribution in [-0.4, -0.2) is 38.6 Å².